The minimum Gasteiger partial charge on any atom is -0.387 e. The summed E-state index contributed by atoms with van der Waals surface area (Å²) in [4.78, 5) is 70.4. The Morgan fingerprint density at radius 2 is 1.70 bits per heavy atom. The molecule has 0 bridgehead atoms. The van der Waals surface area contributed by atoms with Crippen molar-refractivity contribution >= 4 is 37.0 Å². The summed E-state index contributed by atoms with van der Waals surface area (Å²) < 4.78 is 63.7. The minimum atomic E-state index is -5.67. The van der Waals surface area contributed by atoms with Crippen LogP contribution in [0.2, 0.25) is 0 Å². The first kappa shape index (κ1) is 28.4. The summed E-state index contributed by atoms with van der Waals surface area (Å²) in [5, 5.41) is 10.4. The molecule has 190 valence electrons. The predicted octanol–water partition coefficient (Wildman–Crippen LogP) is -2.52. The predicted molar refractivity (Wildman–Crippen MR) is 102 cm³/mol. The third-order valence-electron chi connectivity index (χ3n) is 3.58. The molecule has 24 heteroatoms. The van der Waals surface area contributed by atoms with Crippen LogP contribution in [0.15, 0.2) is 17.1 Å². The van der Waals surface area contributed by atoms with Gasteiger partial charge in [-0.25, -0.2) is 23.1 Å². The highest BCUT2D eigenvalue weighted by Crippen LogP contribution is 2.60. The van der Waals surface area contributed by atoms with E-state index in [1.165, 1.54) is 0 Å². The zero-order chi connectivity index (χ0) is 25.4. The van der Waals surface area contributed by atoms with Gasteiger partial charge in [0.15, 0.2) is 6.23 Å². The van der Waals surface area contributed by atoms with Gasteiger partial charge in [-0.15, -0.1) is 4.86 Å². The van der Waals surface area contributed by atoms with E-state index in [-0.39, 0.29) is 5.82 Å². The van der Waals surface area contributed by atoms with E-state index in [1.54, 1.807) is 0 Å². The van der Waals surface area contributed by atoms with Crippen LogP contribution in [0.3, 0.4) is 0 Å². The Kier molecular flexibility index (Phi) is 8.60. The summed E-state index contributed by atoms with van der Waals surface area (Å²) in [5.41, 5.74) is 4.22. The van der Waals surface area contributed by atoms with E-state index in [4.69, 9.17) is 30.0 Å². The summed E-state index contributed by atoms with van der Waals surface area (Å²) in [7, 11) is -21.9. The maximum Gasteiger partial charge on any atom is 0.477 e. The van der Waals surface area contributed by atoms with Crippen molar-refractivity contribution in [1.82, 2.24) is 14.4 Å². The average molecular weight is 562 g/mol. The molecular weight excluding hydrogens is 544 g/mol. The molecule has 6 atom stereocenters. The molecule has 1 saturated heterocycles. The van der Waals surface area contributed by atoms with Crippen molar-refractivity contribution in [2.45, 2.75) is 24.5 Å². The fourth-order valence-electron chi connectivity index (χ4n) is 2.49. The summed E-state index contributed by atoms with van der Waals surface area (Å²) in [6.07, 6.45) is -6.72. The second-order valence-corrected chi connectivity index (χ2v) is 12.1. The van der Waals surface area contributed by atoms with Crippen LogP contribution in [-0.2, 0) is 36.4 Å². The summed E-state index contributed by atoms with van der Waals surface area (Å²) in [6.45, 7) is -1.01. The zero-order valence-electron chi connectivity index (χ0n) is 15.7. The van der Waals surface area contributed by atoms with Crippen molar-refractivity contribution in [1.29, 1.82) is 0 Å². The number of nitrogens with zero attached hydrogens (tertiary/aromatic N) is 2. The van der Waals surface area contributed by atoms with E-state index in [9.17, 15) is 37.9 Å². The number of nitrogen functional groups attached to an aromatic ring is 1. The van der Waals surface area contributed by atoms with Gasteiger partial charge in [-0.05, 0) is 6.07 Å². The molecular formula is C9H18N4O16P4. The van der Waals surface area contributed by atoms with Crippen LogP contribution in [-0.4, -0.2) is 68.9 Å². The number of nitrogens with two attached hydrogens (primary N) is 1. The fraction of sp³-hybridized carbons (Fsp3) is 0.556. The number of anilines is 1. The number of hydrogen-bond acceptors (Lipinski definition) is 12. The number of hydrogen-bond donors (Lipinski definition) is 9. The van der Waals surface area contributed by atoms with E-state index in [2.05, 4.69) is 18.3 Å². The smallest absolute Gasteiger partial charge is 0.387 e. The Morgan fingerprint density at radius 1 is 1.09 bits per heavy atom. The first-order valence-electron chi connectivity index (χ1n) is 8.07. The SMILES string of the molecule is Nc1ccn([C@@H]2O[C@H](COP(=O)(O)O)[C@@H](O)[C@H]2OP(=O)(O)NP(=O)(O)OP(=O)(O)O)c(=O)n1. The molecule has 1 fully saturated rings. The van der Waals surface area contributed by atoms with Crippen molar-refractivity contribution in [3.63, 3.8) is 0 Å². The molecule has 0 amide bonds. The van der Waals surface area contributed by atoms with Crippen molar-refractivity contribution in [3.05, 3.63) is 22.7 Å². The van der Waals surface area contributed by atoms with Crippen molar-refractivity contribution in [3.8, 4) is 0 Å². The first-order valence-corrected chi connectivity index (χ1v) is 14.3. The highest BCUT2D eigenvalue weighted by Gasteiger charge is 2.51. The molecule has 20 nitrogen and oxygen atoms in total. The molecule has 1 aliphatic rings. The van der Waals surface area contributed by atoms with Crippen LogP contribution in [0.5, 0.6) is 0 Å². The Labute approximate surface area is 182 Å². The van der Waals surface area contributed by atoms with Crippen LogP contribution >= 0.6 is 31.1 Å². The van der Waals surface area contributed by atoms with Gasteiger partial charge < -0.3 is 44.9 Å². The van der Waals surface area contributed by atoms with Crippen molar-refractivity contribution in [2.75, 3.05) is 12.3 Å². The second-order valence-electron chi connectivity index (χ2n) is 6.17. The number of aliphatic hydroxyl groups excluding tert-OH is 1. The quantitative estimate of drug-likeness (QED) is 0.133. The number of aromatic nitrogens is 2. The van der Waals surface area contributed by atoms with Gasteiger partial charge in [-0.2, -0.15) is 9.29 Å². The molecule has 0 saturated carbocycles. The number of phosphoric ester groups is 1. The summed E-state index contributed by atoms with van der Waals surface area (Å²) in [5.74, 6) is -0.251. The molecule has 1 aliphatic heterocycles. The Hall–Kier alpha value is -0.880. The van der Waals surface area contributed by atoms with Crippen LogP contribution in [0.4, 0.5) is 5.82 Å². The Morgan fingerprint density at radius 3 is 2.21 bits per heavy atom. The molecule has 2 heterocycles. The molecule has 10 N–H and O–H groups in total. The van der Waals surface area contributed by atoms with E-state index in [0.717, 1.165) is 17.1 Å². The van der Waals surface area contributed by atoms with Gasteiger partial charge in [0.2, 0.25) is 0 Å². The topological polar surface area (TPSA) is 320 Å². The molecule has 1 aromatic heterocycles. The van der Waals surface area contributed by atoms with Gasteiger partial charge >= 0.3 is 36.8 Å². The number of nitrogens with one attached hydrogen (secondary N) is 1. The van der Waals surface area contributed by atoms with E-state index in [1.807, 2.05) is 0 Å². The highest BCUT2D eigenvalue weighted by atomic mass is 31.3. The van der Waals surface area contributed by atoms with E-state index < -0.39 is 68.0 Å². The molecule has 0 aliphatic carbocycles. The summed E-state index contributed by atoms with van der Waals surface area (Å²) >= 11 is 0. The van der Waals surface area contributed by atoms with Gasteiger partial charge in [-0.3, -0.25) is 13.6 Å². The maximum absolute atomic E-state index is 12.3. The lowest BCUT2D eigenvalue weighted by Crippen LogP contribution is -2.38. The number of aliphatic hydroxyl groups is 1. The minimum absolute atomic E-state index is 0.251. The van der Waals surface area contributed by atoms with Crippen molar-refractivity contribution in [2.24, 2.45) is 0 Å². The Balaban J connectivity index is 2.35. The first-order chi connectivity index (χ1) is 14.8. The lowest BCUT2D eigenvalue weighted by molar-refractivity contribution is -0.0522. The van der Waals surface area contributed by atoms with Gasteiger partial charge in [0, 0.05) is 6.20 Å². The zero-order valence-corrected chi connectivity index (χ0v) is 19.3. The van der Waals surface area contributed by atoms with Gasteiger partial charge in [0.25, 0.3) is 0 Å². The van der Waals surface area contributed by atoms with Crippen LogP contribution in [0.25, 0.3) is 0 Å². The third-order valence-corrected chi connectivity index (χ3v) is 8.35. The van der Waals surface area contributed by atoms with Crippen LogP contribution in [0.1, 0.15) is 6.23 Å². The van der Waals surface area contributed by atoms with Gasteiger partial charge in [0.1, 0.15) is 24.1 Å². The molecule has 2 rings (SSSR count). The molecule has 0 spiro atoms. The van der Waals surface area contributed by atoms with Crippen molar-refractivity contribution < 1.29 is 70.8 Å². The standard InChI is InChI=1S/C9H18N4O16P4/c10-5-1-2-13(9(15)11-5)8-7(6(14)4(27-8)3-26-32(20,21)22)28-30(16,17)12-31(18,19)29-33(23,24)25/h1-2,4,6-8,14H,3H2,(H2,10,11,15)(H2,20,21,22)(H2,23,24,25)(H3,12,16,17,18,19)/t4-,6-,7-,8-/m1/s1. The third kappa shape index (κ3) is 8.69. The van der Waals surface area contributed by atoms with Crippen LogP contribution in [0, 0.1) is 0 Å². The number of phosphoric acid groups is 2. The molecule has 1 aromatic rings. The fourth-order valence-corrected chi connectivity index (χ4v) is 6.49. The largest absolute Gasteiger partial charge is 0.477 e. The van der Waals surface area contributed by atoms with E-state index in [0.29, 0.717) is 4.57 Å². The molecule has 2 unspecified atom stereocenters. The maximum atomic E-state index is 12.3. The second kappa shape index (κ2) is 10.0. The Bertz CT molecular complexity index is 1110. The lowest BCUT2D eigenvalue weighted by Gasteiger charge is -2.25. The number of rotatable bonds is 10. The molecule has 0 radical (unpaired) electrons. The normalized spacial score (nSPS) is 27.7. The molecule has 0 aromatic carbocycles. The summed E-state index contributed by atoms with van der Waals surface area (Å²) in [6, 6.07) is 1.07. The monoisotopic (exact) mass is 562 g/mol. The van der Waals surface area contributed by atoms with Crippen LogP contribution < -0.4 is 16.3 Å². The van der Waals surface area contributed by atoms with Gasteiger partial charge in [0.05, 0.1) is 6.61 Å². The number of ether oxygens (including phenoxy) is 1. The average Bonchev–Trinajstić information content (AvgIpc) is 2.84. The van der Waals surface area contributed by atoms with E-state index >= 15 is 0 Å². The lowest BCUT2D eigenvalue weighted by atomic mass is 10.1. The highest BCUT2D eigenvalue weighted by molar-refractivity contribution is 7.70. The van der Waals surface area contributed by atoms with Gasteiger partial charge in [-0.1, -0.05) is 0 Å². The molecule has 33 heavy (non-hydrogen) atoms.